The van der Waals surface area contributed by atoms with Gasteiger partial charge in [-0.05, 0) is 36.2 Å². The Morgan fingerprint density at radius 2 is 1.68 bits per heavy atom. The summed E-state index contributed by atoms with van der Waals surface area (Å²) >= 11 is 0. The lowest BCUT2D eigenvalue weighted by Gasteiger charge is -2.24. The highest BCUT2D eigenvalue weighted by atomic mass is 19.4. The van der Waals surface area contributed by atoms with Crippen molar-refractivity contribution in [2.75, 3.05) is 18.5 Å². The molecule has 2 atom stereocenters. The normalized spacial score (nSPS) is 16.8. The molecule has 0 aliphatic carbocycles. The Morgan fingerprint density at radius 3 is 2.32 bits per heavy atom. The van der Waals surface area contributed by atoms with Gasteiger partial charge in [-0.1, -0.05) is 24.3 Å². The van der Waals surface area contributed by atoms with E-state index in [0.717, 1.165) is 17.9 Å². The summed E-state index contributed by atoms with van der Waals surface area (Å²) < 4.78 is 76.9. The topological polar surface area (TPSA) is 78.5 Å². The minimum atomic E-state index is -5.87. The Labute approximate surface area is 189 Å². The van der Waals surface area contributed by atoms with E-state index in [1.807, 2.05) is 0 Å². The molecule has 2 aromatic rings. The molecule has 1 aliphatic heterocycles. The molecule has 34 heavy (non-hydrogen) atoms. The molecular weight excluding hydrogens is 468 g/mol. The van der Waals surface area contributed by atoms with E-state index in [9.17, 15) is 40.7 Å². The second-order valence-corrected chi connectivity index (χ2v) is 7.73. The summed E-state index contributed by atoms with van der Waals surface area (Å²) in [5.41, 5.74) is 1.57. The Kier molecular flexibility index (Phi) is 6.63. The average Bonchev–Trinajstić information content (AvgIpc) is 2.85. The van der Waals surface area contributed by atoms with Gasteiger partial charge in [0.2, 0.25) is 11.8 Å². The molecular formula is C22H19F6N3O3. The first kappa shape index (κ1) is 25.1. The Balaban J connectivity index is 1.84. The third-order valence-electron chi connectivity index (χ3n) is 5.43. The van der Waals surface area contributed by atoms with Gasteiger partial charge in [-0.2, -0.15) is 22.0 Å². The number of amides is 3. The second-order valence-electron chi connectivity index (χ2n) is 7.73. The maximum absolute atomic E-state index is 13.9. The van der Waals surface area contributed by atoms with Crippen molar-refractivity contribution < 1.29 is 40.7 Å². The molecule has 182 valence electrons. The molecule has 1 heterocycles. The number of hydrogen-bond acceptors (Lipinski definition) is 3. The standard InChI is InChI=1S/C22H19F6N3O3/c1-11(18(32)29-10-21(24,25)22(26,27)28)19(33)30-17-15-6-4-3-5-13(15)14-8-7-12(23)9-16(14)31(2)20(17)34/h3-9,11,17H,10H2,1-2H3,(H,29,32)(H,30,33). The minimum Gasteiger partial charge on any atom is -0.349 e. The zero-order valence-electron chi connectivity index (χ0n) is 17.8. The number of carbonyl (C=O) groups excluding carboxylic acids is 3. The summed E-state index contributed by atoms with van der Waals surface area (Å²) in [7, 11) is 1.36. The number of rotatable bonds is 5. The van der Waals surface area contributed by atoms with Gasteiger partial charge >= 0.3 is 12.1 Å². The summed E-state index contributed by atoms with van der Waals surface area (Å²) in [5.74, 6) is -10.6. The molecule has 0 saturated heterocycles. The van der Waals surface area contributed by atoms with Crippen LogP contribution in [0.4, 0.5) is 32.0 Å². The average molecular weight is 487 g/mol. The van der Waals surface area contributed by atoms with Crippen molar-refractivity contribution >= 4 is 23.4 Å². The maximum Gasteiger partial charge on any atom is 0.455 e. The maximum atomic E-state index is 13.9. The van der Waals surface area contributed by atoms with E-state index in [4.69, 9.17) is 0 Å². The molecule has 0 bridgehead atoms. The lowest BCUT2D eigenvalue weighted by atomic mass is 9.95. The number of anilines is 1. The largest absolute Gasteiger partial charge is 0.455 e. The van der Waals surface area contributed by atoms with Crippen LogP contribution in [-0.2, 0) is 14.4 Å². The van der Waals surface area contributed by atoms with Crippen LogP contribution in [0.25, 0.3) is 11.1 Å². The van der Waals surface area contributed by atoms with Crippen molar-refractivity contribution in [1.82, 2.24) is 10.6 Å². The molecule has 3 amide bonds. The summed E-state index contributed by atoms with van der Waals surface area (Å²) in [6.07, 6.45) is -5.87. The number of hydrogen-bond donors (Lipinski definition) is 2. The fraction of sp³-hybridized carbons (Fsp3) is 0.318. The van der Waals surface area contributed by atoms with E-state index in [2.05, 4.69) is 5.32 Å². The highest BCUT2D eigenvalue weighted by Crippen LogP contribution is 2.40. The zero-order chi connectivity index (χ0) is 25.4. The van der Waals surface area contributed by atoms with Crippen molar-refractivity contribution in [3.05, 3.63) is 53.8 Å². The molecule has 2 N–H and O–H groups in total. The Morgan fingerprint density at radius 1 is 1.03 bits per heavy atom. The van der Waals surface area contributed by atoms with Crippen LogP contribution in [0.2, 0.25) is 0 Å². The smallest absolute Gasteiger partial charge is 0.349 e. The van der Waals surface area contributed by atoms with Gasteiger partial charge in [0.1, 0.15) is 17.8 Å². The van der Waals surface area contributed by atoms with E-state index < -0.39 is 54.1 Å². The molecule has 0 fully saturated rings. The number of benzene rings is 2. The predicted octanol–water partition coefficient (Wildman–Crippen LogP) is 3.58. The molecule has 3 rings (SSSR count). The van der Waals surface area contributed by atoms with Crippen molar-refractivity contribution in [1.29, 1.82) is 0 Å². The van der Waals surface area contributed by atoms with Gasteiger partial charge in [0, 0.05) is 12.6 Å². The van der Waals surface area contributed by atoms with Crippen LogP contribution in [-0.4, -0.2) is 43.4 Å². The number of alkyl halides is 5. The summed E-state index contributed by atoms with van der Waals surface area (Å²) in [6, 6.07) is 8.92. The summed E-state index contributed by atoms with van der Waals surface area (Å²) in [4.78, 5) is 39.0. The van der Waals surface area contributed by atoms with Crippen LogP contribution in [0.1, 0.15) is 18.5 Å². The van der Waals surface area contributed by atoms with Crippen molar-refractivity contribution in [3.8, 4) is 11.1 Å². The first-order valence-electron chi connectivity index (χ1n) is 9.93. The molecule has 0 aromatic heterocycles. The first-order valence-corrected chi connectivity index (χ1v) is 9.93. The van der Waals surface area contributed by atoms with Crippen molar-refractivity contribution in [2.45, 2.75) is 25.1 Å². The molecule has 2 aromatic carbocycles. The first-order chi connectivity index (χ1) is 15.7. The van der Waals surface area contributed by atoms with Gasteiger partial charge in [-0.3, -0.25) is 14.4 Å². The number of nitrogens with one attached hydrogen (secondary N) is 2. The van der Waals surface area contributed by atoms with E-state index in [-0.39, 0.29) is 5.69 Å². The highest BCUT2D eigenvalue weighted by molar-refractivity contribution is 6.07. The number of carbonyl (C=O) groups is 3. The molecule has 12 heteroatoms. The van der Waals surface area contributed by atoms with Gasteiger partial charge < -0.3 is 15.5 Å². The van der Waals surface area contributed by atoms with E-state index >= 15 is 0 Å². The zero-order valence-corrected chi connectivity index (χ0v) is 17.8. The lowest BCUT2D eigenvalue weighted by Crippen LogP contribution is -2.50. The fourth-order valence-corrected chi connectivity index (χ4v) is 3.43. The molecule has 6 nitrogen and oxygen atoms in total. The summed E-state index contributed by atoms with van der Waals surface area (Å²) in [5, 5.41) is 3.77. The van der Waals surface area contributed by atoms with Crippen LogP contribution in [0.15, 0.2) is 42.5 Å². The van der Waals surface area contributed by atoms with Crippen LogP contribution >= 0.6 is 0 Å². The third kappa shape index (κ3) is 4.70. The Bertz CT molecular complexity index is 1140. The monoisotopic (exact) mass is 487 g/mol. The SMILES string of the molecule is CC(C(=O)NCC(F)(F)C(F)(F)F)C(=O)NC1C(=O)N(C)c2cc(F)ccc2-c2ccccc21. The second kappa shape index (κ2) is 8.99. The van der Waals surface area contributed by atoms with E-state index in [0.29, 0.717) is 16.7 Å². The predicted molar refractivity (Wildman–Crippen MR) is 109 cm³/mol. The van der Waals surface area contributed by atoms with Crippen LogP contribution in [0.5, 0.6) is 0 Å². The van der Waals surface area contributed by atoms with Crippen LogP contribution in [0.3, 0.4) is 0 Å². The molecule has 0 radical (unpaired) electrons. The van der Waals surface area contributed by atoms with Crippen LogP contribution in [0, 0.1) is 11.7 Å². The quantitative estimate of drug-likeness (QED) is 0.500. The lowest BCUT2D eigenvalue weighted by molar-refractivity contribution is -0.278. The Hall–Kier alpha value is -3.57. The third-order valence-corrected chi connectivity index (χ3v) is 5.43. The number of fused-ring (bicyclic) bond motifs is 3. The van der Waals surface area contributed by atoms with Gasteiger partial charge in [0.05, 0.1) is 12.2 Å². The van der Waals surface area contributed by atoms with Gasteiger partial charge in [0.15, 0.2) is 0 Å². The van der Waals surface area contributed by atoms with Crippen molar-refractivity contribution in [2.24, 2.45) is 5.92 Å². The minimum absolute atomic E-state index is 0.231. The van der Waals surface area contributed by atoms with Crippen LogP contribution < -0.4 is 15.5 Å². The van der Waals surface area contributed by atoms with Crippen molar-refractivity contribution in [3.63, 3.8) is 0 Å². The van der Waals surface area contributed by atoms with Gasteiger partial charge in [-0.15, -0.1) is 0 Å². The molecule has 0 spiro atoms. The highest BCUT2D eigenvalue weighted by Gasteiger charge is 2.57. The van der Waals surface area contributed by atoms with Gasteiger partial charge in [0.25, 0.3) is 5.91 Å². The fourth-order valence-electron chi connectivity index (χ4n) is 3.43. The van der Waals surface area contributed by atoms with Gasteiger partial charge in [-0.25, -0.2) is 4.39 Å². The van der Waals surface area contributed by atoms with E-state index in [1.165, 1.54) is 24.5 Å². The molecule has 1 aliphatic rings. The number of nitrogens with zero attached hydrogens (tertiary/aromatic N) is 1. The number of halogens is 6. The molecule has 2 unspecified atom stereocenters. The molecule has 0 saturated carbocycles. The van der Waals surface area contributed by atoms with E-state index in [1.54, 1.807) is 24.3 Å². The summed E-state index contributed by atoms with van der Waals surface area (Å²) in [6.45, 7) is -1.04. The number of likely N-dealkylation sites (N-methyl/N-ethyl adjacent to an activating group) is 1.